The standard InChI is InChI=1S/C24H27N3O4/c1-17(2)12-14-30-21-10-8-18(9-11-21)25-16-23(28)26-19-5-3-6-20(15-19)27-24(29)22-7-4-13-31-22/h3-11,13,15,17,25H,12,14,16H2,1-2H3,(H,26,28)(H,27,29). The lowest BCUT2D eigenvalue weighted by Gasteiger charge is -2.11. The van der Waals surface area contributed by atoms with Crippen LogP contribution in [0.15, 0.2) is 71.3 Å². The number of rotatable bonds is 10. The molecule has 0 bridgehead atoms. The van der Waals surface area contributed by atoms with E-state index in [1.54, 1.807) is 36.4 Å². The minimum absolute atomic E-state index is 0.108. The van der Waals surface area contributed by atoms with Gasteiger partial charge >= 0.3 is 0 Å². The number of anilines is 3. The molecule has 162 valence electrons. The summed E-state index contributed by atoms with van der Waals surface area (Å²) in [6.45, 7) is 5.12. The van der Waals surface area contributed by atoms with Gasteiger partial charge in [0.2, 0.25) is 5.91 Å². The Morgan fingerprint density at radius 2 is 1.68 bits per heavy atom. The first-order valence-corrected chi connectivity index (χ1v) is 10.2. The third kappa shape index (κ3) is 7.22. The molecule has 0 aliphatic carbocycles. The topological polar surface area (TPSA) is 92.6 Å². The van der Waals surface area contributed by atoms with E-state index in [1.807, 2.05) is 24.3 Å². The Labute approximate surface area is 181 Å². The van der Waals surface area contributed by atoms with E-state index in [2.05, 4.69) is 29.8 Å². The number of nitrogens with one attached hydrogen (secondary N) is 3. The lowest BCUT2D eigenvalue weighted by atomic mass is 10.1. The quantitative estimate of drug-likeness (QED) is 0.428. The largest absolute Gasteiger partial charge is 0.494 e. The molecule has 3 rings (SSSR count). The number of benzene rings is 2. The average molecular weight is 421 g/mol. The Balaban J connectivity index is 1.46. The molecule has 2 amide bonds. The number of amides is 2. The van der Waals surface area contributed by atoms with Crippen molar-refractivity contribution in [2.75, 3.05) is 29.1 Å². The molecule has 0 aliphatic rings. The zero-order valence-electron chi connectivity index (χ0n) is 17.7. The summed E-state index contributed by atoms with van der Waals surface area (Å²) in [7, 11) is 0. The first-order chi connectivity index (χ1) is 15.0. The predicted octanol–water partition coefficient (Wildman–Crippen LogP) is 5.01. The highest BCUT2D eigenvalue weighted by Gasteiger charge is 2.09. The summed E-state index contributed by atoms with van der Waals surface area (Å²) >= 11 is 0. The molecule has 1 heterocycles. The second kappa shape index (κ2) is 10.9. The molecular formula is C24H27N3O4. The van der Waals surface area contributed by atoms with Gasteiger partial charge in [-0.2, -0.15) is 0 Å². The van der Waals surface area contributed by atoms with Crippen LogP contribution in [0.5, 0.6) is 5.75 Å². The molecule has 2 aromatic carbocycles. The van der Waals surface area contributed by atoms with Crippen molar-refractivity contribution in [3.8, 4) is 5.75 Å². The molecule has 3 aromatic rings. The van der Waals surface area contributed by atoms with Gasteiger partial charge in [-0.15, -0.1) is 0 Å². The Hall–Kier alpha value is -3.74. The molecule has 0 unspecified atom stereocenters. The van der Waals surface area contributed by atoms with E-state index in [1.165, 1.54) is 6.26 Å². The minimum atomic E-state index is -0.355. The second-order valence-electron chi connectivity index (χ2n) is 7.47. The number of furan rings is 1. The van der Waals surface area contributed by atoms with Crippen LogP contribution in [-0.4, -0.2) is 25.0 Å². The van der Waals surface area contributed by atoms with Gasteiger partial charge in [0.1, 0.15) is 5.75 Å². The summed E-state index contributed by atoms with van der Waals surface area (Å²) in [6.07, 6.45) is 2.44. The third-order valence-corrected chi connectivity index (χ3v) is 4.42. The van der Waals surface area contributed by atoms with Gasteiger partial charge in [0.25, 0.3) is 5.91 Å². The van der Waals surface area contributed by atoms with Crippen LogP contribution >= 0.6 is 0 Å². The molecule has 0 saturated heterocycles. The molecular weight excluding hydrogens is 394 g/mol. The SMILES string of the molecule is CC(C)CCOc1ccc(NCC(=O)Nc2cccc(NC(=O)c3ccco3)c2)cc1. The second-order valence-corrected chi connectivity index (χ2v) is 7.47. The lowest BCUT2D eigenvalue weighted by molar-refractivity contribution is -0.114. The van der Waals surface area contributed by atoms with Crippen molar-refractivity contribution in [3.05, 3.63) is 72.7 Å². The van der Waals surface area contributed by atoms with E-state index in [-0.39, 0.29) is 24.1 Å². The van der Waals surface area contributed by atoms with Gasteiger partial charge in [-0.3, -0.25) is 9.59 Å². The van der Waals surface area contributed by atoms with Gasteiger partial charge < -0.3 is 25.1 Å². The van der Waals surface area contributed by atoms with Crippen LogP contribution in [0, 0.1) is 5.92 Å². The normalized spacial score (nSPS) is 10.5. The number of ether oxygens (including phenoxy) is 1. The fraction of sp³-hybridized carbons (Fsp3) is 0.250. The van der Waals surface area contributed by atoms with Crippen LogP contribution in [0.2, 0.25) is 0 Å². The van der Waals surface area contributed by atoms with Crippen LogP contribution < -0.4 is 20.7 Å². The van der Waals surface area contributed by atoms with Gasteiger partial charge in [0.15, 0.2) is 5.76 Å². The highest BCUT2D eigenvalue weighted by molar-refractivity contribution is 6.02. The van der Waals surface area contributed by atoms with E-state index in [4.69, 9.17) is 9.15 Å². The number of carbonyl (C=O) groups is 2. The average Bonchev–Trinajstić information content (AvgIpc) is 3.28. The fourth-order valence-electron chi connectivity index (χ4n) is 2.74. The number of carbonyl (C=O) groups excluding carboxylic acids is 2. The van der Waals surface area contributed by atoms with Crippen molar-refractivity contribution >= 4 is 28.9 Å². The maximum Gasteiger partial charge on any atom is 0.291 e. The van der Waals surface area contributed by atoms with Crippen molar-refractivity contribution in [2.24, 2.45) is 5.92 Å². The summed E-state index contributed by atoms with van der Waals surface area (Å²) in [5, 5.41) is 8.62. The molecule has 7 nitrogen and oxygen atoms in total. The summed E-state index contributed by atoms with van der Waals surface area (Å²) < 4.78 is 10.8. The molecule has 0 radical (unpaired) electrons. The van der Waals surface area contributed by atoms with Gasteiger partial charge in [0, 0.05) is 17.1 Å². The van der Waals surface area contributed by atoms with E-state index < -0.39 is 0 Å². The van der Waals surface area contributed by atoms with E-state index in [0.717, 1.165) is 17.9 Å². The van der Waals surface area contributed by atoms with Crippen molar-refractivity contribution in [1.29, 1.82) is 0 Å². The van der Waals surface area contributed by atoms with Crippen LogP contribution in [0.4, 0.5) is 17.1 Å². The van der Waals surface area contributed by atoms with Crippen LogP contribution in [-0.2, 0) is 4.79 Å². The lowest BCUT2D eigenvalue weighted by Crippen LogP contribution is -2.21. The number of hydrogen-bond donors (Lipinski definition) is 3. The smallest absolute Gasteiger partial charge is 0.291 e. The van der Waals surface area contributed by atoms with E-state index in [0.29, 0.717) is 23.9 Å². The Bertz CT molecular complexity index is 982. The van der Waals surface area contributed by atoms with Crippen molar-refractivity contribution in [3.63, 3.8) is 0 Å². The van der Waals surface area contributed by atoms with Crippen molar-refractivity contribution in [2.45, 2.75) is 20.3 Å². The van der Waals surface area contributed by atoms with Gasteiger partial charge in [-0.1, -0.05) is 19.9 Å². The monoisotopic (exact) mass is 421 g/mol. The molecule has 0 saturated carbocycles. The predicted molar refractivity (Wildman–Crippen MR) is 122 cm³/mol. The van der Waals surface area contributed by atoms with E-state index in [9.17, 15) is 9.59 Å². The summed E-state index contributed by atoms with van der Waals surface area (Å²) in [6, 6.07) is 17.7. The Kier molecular flexibility index (Phi) is 7.70. The highest BCUT2D eigenvalue weighted by atomic mass is 16.5. The number of hydrogen-bond acceptors (Lipinski definition) is 5. The van der Waals surface area contributed by atoms with Crippen LogP contribution in [0.1, 0.15) is 30.8 Å². The van der Waals surface area contributed by atoms with Crippen molar-refractivity contribution in [1.82, 2.24) is 0 Å². The Morgan fingerprint density at radius 3 is 2.35 bits per heavy atom. The van der Waals surface area contributed by atoms with Gasteiger partial charge in [-0.25, -0.2) is 0 Å². The first-order valence-electron chi connectivity index (χ1n) is 10.2. The van der Waals surface area contributed by atoms with Gasteiger partial charge in [-0.05, 0) is 66.9 Å². The molecule has 31 heavy (non-hydrogen) atoms. The molecule has 3 N–H and O–H groups in total. The zero-order chi connectivity index (χ0) is 22.1. The van der Waals surface area contributed by atoms with Gasteiger partial charge in [0.05, 0.1) is 19.4 Å². The van der Waals surface area contributed by atoms with E-state index >= 15 is 0 Å². The molecule has 0 aliphatic heterocycles. The maximum atomic E-state index is 12.3. The fourth-order valence-corrected chi connectivity index (χ4v) is 2.74. The maximum absolute atomic E-state index is 12.3. The molecule has 1 aromatic heterocycles. The molecule has 0 atom stereocenters. The summed E-state index contributed by atoms with van der Waals surface area (Å²) in [5.74, 6) is 1.07. The molecule has 0 spiro atoms. The zero-order valence-corrected chi connectivity index (χ0v) is 17.7. The highest BCUT2D eigenvalue weighted by Crippen LogP contribution is 2.18. The summed E-state index contributed by atoms with van der Waals surface area (Å²) in [4.78, 5) is 24.3. The van der Waals surface area contributed by atoms with Crippen molar-refractivity contribution < 1.29 is 18.7 Å². The molecule has 7 heteroatoms. The third-order valence-electron chi connectivity index (χ3n) is 4.42. The van der Waals surface area contributed by atoms with Crippen LogP contribution in [0.3, 0.4) is 0 Å². The first kappa shape index (κ1) is 22.0. The summed E-state index contributed by atoms with van der Waals surface area (Å²) in [5.41, 5.74) is 1.96. The minimum Gasteiger partial charge on any atom is -0.494 e. The van der Waals surface area contributed by atoms with Crippen LogP contribution in [0.25, 0.3) is 0 Å². The Morgan fingerprint density at radius 1 is 0.935 bits per heavy atom. The molecule has 0 fully saturated rings.